The van der Waals surface area contributed by atoms with Crippen LogP contribution >= 0.6 is 0 Å². The van der Waals surface area contributed by atoms with E-state index in [1.54, 1.807) is 6.21 Å². The van der Waals surface area contributed by atoms with Gasteiger partial charge in [0.1, 0.15) is 0 Å². The maximum atomic E-state index is 10.3. The van der Waals surface area contributed by atoms with Crippen molar-refractivity contribution in [3.8, 4) is 0 Å². The molecule has 3 aliphatic carbocycles. The van der Waals surface area contributed by atoms with E-state index in [4.69, 9.17) is 0 Å². The highest BCUT2D eigenvalue weighted by molar-refractivity contribution is 6.27. The first-order valence-electron chi connectivity index (χ1n) is 35.6. The average molecular weight is 1180 g/mol. The van der Waals surface area contributed by atoms with Crippen molar-refractivity contribution in [1.82, 2.24) is 0 Å². The van der Waals surface area contributed by atoms with Gasteiger partial charge in [-0.15, -0.1) is 0 Å². The molecule has 0 spiro atoms. The number of carbonyl (C=O) groups is 1. The highest BCUT2D eigenvalue weighted by Crippen LogP contribution is 2.20. The van der Waals surface area contributed by atoms with E-state index in [2.05, 4.69) is 70.0 Å². The lowest BCUT2D eigenvalue weighted by Gasteiger charge is -2.10. The number of aliphatic imine (C=N–C) groups is 5. The van der Waals surface area contributed by atoms with Crippen LogP contribution in [0.1, 0.15) is 363 Å². The summed E-state index contributed by atoms with van der Waals surface area (Å²) in [7, 11) is 0. The fourth-order valence-corrected chi connectivity index (χ4v) is 5.38. The van der Waals surface area contributed by atoms with Crippen molar-refractivity contribution < 1.29 is 4.79 Å². The van der Waals surface area contributed by atoms with E-state index in [9.17, 15) is 4.79 Å². The van der Waals surface area contributed by atoms with Gasteiger partial charge in [0.05, 0.1) is 12.8 Å². The summed E-state index contributed by atoms with van der Waals surface area (Å²) in [6, 6.07) is 0. The van der Waals surface area contributed by atoms with Crippen LogP contribution in [0.5, 0.6) is 0 Å². The molecule has 0 radical (unpaired) electrons. The molecule has 5 heterocycles. The van der Waals surface area contributed by atoms with Gasteiger partial charge in [-0.3, -0.25) is 29.8 Å². The second-order valence-corrected chi connectivity index (χ2v) is 13.6. The van der Waals surface area contributed by atoms with Crippen LogP contribution in [0, 0.1) is 0 Å². The average Bonchev–Trinajstić information content (AvgIpc) is 4.47. The van der Waals surface area contributed by atoms with Crippen molar-refractivity contribution >= 4 is 36.9 Å². The summed E-state index contributed by atoms with van der Waals surface area (Å²) in [6.07, 6.45) is 45.0. The molecule has 6 heteroatoms. The molecule has 83 heavy (non-hydrogen) atoms. The monoisotopic (exact) mass is 1180 g/mol. The van der Waals surface area contributed by atoms with Crippen molar-refractivity contribution in [2.75, 3.05) is 19.6 Å². The van der Waals surface area contributed by atoms with Crippen LogP contribution < -0.4 is 0 Å². The van der Waals surface area contributed by atoms with E-state index < -0.39 is 0 Å². The van der Waals surface area contributed by atoms with Crippen molar-refractivity contribution in [3.63, 3.8) is 0 Å². The van der Waals surface area contributed by atoms with Gasteiger partial charge in [0.2, 0.25) is 0 Å². The molecule has 0 aromatic heterocycles. The van der Waals surface area contributed by atoms with Gasteiger partial charge >= 0.3 is 0 Å². The van der Waals surface area contributed by atoms with Gasteiger partial charge in [-0.25, -0.2) is 0 Å². The highest BCUT2D eigenvalue weighted by atomic mass is 16.1. The molecule has 0 aromatic rings. The van der Waals surface area contributed by atoms with E-state index in [-0.39, 0.29) is 5.78 Å². The van der Waals surface area contributed by atoms with Gasteiger partial charge in [0, 0.05) is 55.8 Å². The predicted molar refractivity (Wildman–Crippen MR) is 409 cm³/mol. The quantitative estimate of drug-likeness (QED) is 0.223. The SMILES string of the molecule is C1=CCN=C1.C1CCCCC1.C=C1C=CCCC1.C=C1C=NCC1.C=C1CCC=N1.C=C1CCCC=N1.C=C1CCCCC1.CC.CC.CC.CC.CC.CC.CC.CC.CC.CC.CC.CC.CC.CC.CC.CC.O=C1C=NCCC1. The molecule has 0 bridgehead atoms. The third kappa shape index (κ3) is 160. The molecule has 0 atom stereocenters. The van der Waals surface area contributed by atoms with E-state index in [1.165, 1.54) is 114 Å². The molecule has 8 aliphatic rings. The molecule has 5 aliphatic heterocycles. The van der Waals surface area contributed by atoms with Gasteiger partial charge in [-0.05, 0) is 102 Å². The van der Waals surface area contributed by atoms with Crippen LogP contribution in [0.4, 0.5) is 0 Å². The highest BCUT2D eigenvalue weighted by Gasteiger charge is 2.01. The number of nitrogens with zero attached hydrogens (tertiary/aromatic N) is 5. The van der Waals surface area contributed by atoms with Gasteiger partial charge in [-0.1, -0.05) is 329 Å². The van der Waals surface area contributed by atoms with E-state index in [0.717, 1.165) is 75.1 Å². The molecule has 0 unspecified atom stereocenters. The zero-order valence-corrected chi connectivity index (χ0v) is 64.1. The maximum absolute atomic E-state index is 10.3. The number of Topliss-reactive ketones (excluding diaryl/α,β-unsaturated/α-hetero) is 1. The van der Waals surface area contributed by atoms with Crippen LogP contribution in [0.3, 0.4) is 0 Å². The van der Waals surface area contributed by atoms with Gasteiger partial charge in [-0.2, -0.15) is 0 Å². The first-order valence-corrected chi connectivity index (χ1v) is 35.6. The Labute approximate surface area is 531 Å². The third-order valence-electron chi connectivity index (χ3n) is 8.51. The second-order valence-electron chi connectivity index (χ2n) is 13.6. The van der Waals surface area contributed by atoms with Crippen LogP contribution in [-0.4, -0.2) is 56.5 Å². The summed E-state index contributed by atoms with van der Waals surface area (Å²) in [5.74, 6) is 0.172. The Morgan fingerprint density at radius 3 is 0.855 bits per heavy atom. The Morgan fingerprint density at radius 1 is 0.325 bits per heavy atom. The maximum Gasteiger partial charge on any atom is 0.173 e. The smallest absolute Gasteiger partial charge is 0.173 e. The number of ketones is 1. The van der Waals surface area contributed by atoms with Gasteiger partial charge in [0.15, 0.2) is 5.78 Å². The van der Waals surface area contributed by atoms with Gasteiger partial charge < -0.3 is 0 Å². The molecule has 0 amide bonds. The van der Waals surface area contributed by atoms with Crippen LogP contribution in [0.2, 0.25) is 0 Å². The third-order valence-corrected chi connectivity index (χ3v) is 8.51. The molecule has 0 N–H and O–H groups in total. The fraction of sp³-hybridized carbons (Fsp3) is 0.740. The fourth-order valence-electron chi connectivity index (χ4n) is 5.38. The number of allylic oxidation sites excluding steroid dienone is 7. The molecule has 2 saturated carbocycles. The lowest BCUT2D eigenvalue weighted by Crippen LogP contribution is -2.05. The van der Waals surface area contributed by atoms with E-state index >= 15 is 0 Å². The topological polar surface area (TPSA) is 78.9 Å². The lowest BCUT2D eigenvalue weighted by molar-refractivity contribution is -0.112. The minimum atomic E-state index is 0.172. The Bertz CT molecular complexity index is 1120. The van der Waals surface area contributed by atoms with Crippen molar-refractivity contribution in [2.45, 2.75) is 363 Å². The van der Waals surface area contributed by atoms with Crippen LogP contribution in [0.25, 0.3) is 0 Å². The van der Waals surface area contributed by atoms with Crippen molar-refractivity contribution in [2.24, 2.45) is 25.0 Å². The molecule has 8 rings (SSSR count). The van der Waals surface area contributed by atoms with Crippen molar-refractivity contribution in [3.05, 3.63) is 85.3 Å². The summed E-state index contributed by atoms with van der Waals surface area (Å²) < 4.78 is 0. The molecule has 0 saturated heterocycles. The minimum Gasteiger partial charge on any atom is -0.293 e. The van der Waals surface area contributed by atoms with Gasteiger partial charge in [0.25, 0.3) is 0 Å². The Hall–Kier alpha value is -3.80. The zero-order valence-electron chi connectivity index (χ0n) is 64.1. The first kappa shape index (κ1) is 121. The summed E-state index contributed by atoms with van der Waals surface area (Å²) in [5.41, 5.74) is 5.97. The molecule has 0 aromatic carbocycles. The first-order chi connectivity index (χ1) is 40.9. The molecule has 504 valence electrons. The standard InChI is InChI=1S/C7H12.C7H10.C6H9N.C6H12.C5H7NO.2C5H7N.C4H5N.16C2H6/c2*1-7-5-3-2-4-6-7;1-6-4-2-3-5-7-6;1-2-4-6-5-3-1;7-5-2-1-3-6-4-5;1-5-2-3-6-4-5;1-5-3-2-4-6-5;1-2-4-5-3-1;16*1-2/h1-6H2;3,5H,1-2,4,6H2;5H,1-4H2;1-6H2;4H,1-3H2;2*4H,1-3H2;1-3H,4H2;16*1-2H3. The Morgan fingerprint density at radius 2 is 0.711 bits per heavy atom. The second kappa shape index (κ2) is 165. The predicted octanol–water partition coefficient (Wildman–Crippen LogP) is 28.7. The number of carbonyl (C=O) groups excluding carboxylic acids is 1. The molecular weight excluding hydrogens is 1010 g/mol. The minimum absolute atomic E-state index is 0.172. The summed E-state index contributed by atoms with van der Waals surface area (Å²) in [4.78, 5) is 29.8. The molecule has 2 fully saturated rings. The number of rotatable bonds is 0. The van der Waals surface area contributed by atoms with Crippen molar-refractivity contribution in [1.29, 1.82) is 0 Å². The van der Waals surface area contributed by atoms with E-state index in [0.29, 0.717) is 6.42 Å². The summed E-state index contributed by atoms with van der Waals surface area (Å²) in [6.45, 7) is 85.5. The van der Waals surface area contributed by atoms with Crippen LogP contribution in [-0.2, 0) is 4.79 Å². The number of hydrogen-bond acceptors (Lipinski definition) is 6. The normalized spacial score (nSPS) is 13.8. The lowest BCUT2D eigenvalue weighted by atomic mass is 9.97. The summed E-state index contributed by atoms with van der Waals surface area (Å²) >= 11 is 0. The number of hydrogen-bond donors (Lipinski definition) is 0. The largest absolute Gasteiger partial charge is 0.293 e. The zero-order chi connectivity index (χ0) is 69.0. The van der Waals surface area contributed by atoms with Crippen LogP contribution in [0.15, 0.2) is 110 Å². The summed E-state index contributed by atoms with van der Waals surface area (Å²) in [5, 5.41) is 0. The Balaban J connectivity index is -0.0000000413. The Kier molecular flexibility index (Phi) is 241. The molecule has 6 nitrogen and oxygen atoms in total. The molecular formula is C77H165N5O. The van der Waals surface area contributed by atoms with E-state index in [1.807, 2.05) is 252 Å².